The second-order valence-electron chi connectivity index (χ2n) is 10.7. The molecule has 5 heterocycles. The molecule has 200 valence electrons. The quantitative estimate of drug-likeness (QED) is 0.237. The zero-order valence-corrected chi connectivity index (χ0v) is 21.9. The number of benzene rings is 1. The monoisotopic (exact) mass is 538 g/mol. The highest BCUT2D eigenvalue weighted by Gasteiger charge is 2.22. The highest BCUT2D eigenvalue weighted by Crippen LogP contribution is 2.34. The summed E-state index contributed by atoms with van der Waals surface area (Å²) in [7, 11) is 0. The smallest absolute Gasteiger partial charge is 0.224 e. The number of carbonyl (C=O) groups excluding carboxylic acids is 1. The van der Waals surface area contributed by atoms with Crippen molar-refractivity contribution in [2.45, 2.75) is 27.2 Å². The van der Waals surface area contributed by atoms with Gasteiger partial charge in [-0.05, 0) is 29.2 Å². The molecule has 5 aromatic heterocycles. The highest BCUT2D eigenvalue weighted by molar-refractivity contribution is 5.98. The Bertz CT molecular complexity index is 1900. The Morgan fingerprint density at radius 1 is 0.950 bits per heavy atom. The number of fused-ring (bicyclic) bond motifs is 2. The van der Waals surface area contributed by atoms with Gasteiger partial charge in [0, 0.05) is 29.9 Å². The number of hydrogen-bond donors (Lipinski definition) is 3. The number of amides is 1. The molecule has 1 aromatic carbocycles. The third-order valence-electron chi connectivity index (χ3n) is 6.28. The molecular formula is C29H24F2N8O. The first-order valence-corrected chi connectivity index (χ1v) is 12.5. The summed E-state index contributed by atoms with van der Waals surface area (Å²) in [5.74, 6) is -0.850. The second kappa shape index (κ2) is 9.60. The zero-order chi connectivity index (χ0) is 28.0. The average Bonchev–Trinajstić information content (AvgIpc) is 3.52. The fraction of sp³-hybridized carbons (Fsp3) is 0.172. The van der Waals surface area contributed by atoms with Crippen molar-refractivity contribution in [3.8, 4) is 33.9 Å². The highest BCUT2D eigenvalue weighted by atomic mass is 19.1. The maximum absolute atomic E-state index is 16.1. The van der Waals surface area contributed by atoms with Crippen LogP contribution in [-0.4, -0.2) is 41.0 Å². The number of hydrogen-bond acceptors (Lipinski definition) is 6. The Morgan fingerprint density at radius 2 is 1.77 bits per heavy atom. The standard InChI is InChI=1S/C29H24F2N8O/c1-29(2,3)9-22(40)35-18-8-16(10-32-11-18)25-24(31)23-20(14-34-25)38-39-27(23)28-36-21-13-33-12-19(26(21)37-28)15-5-4-6-17(30)7-15/h4-8,10-14H,9H2,1-3H3,(H,35,40)(H,36,37)(H,38,39). The van der Waals surface area contributed by atoms with Crippen LogP contribution in [0.1, 0.15) is 27.2 Å². The number of rotatable bonds is 5. The molecule has 0 unspecified atom stereocenters. The number of aromatic nitrogens is 7. The lowest BCUT2D eigenvalue weighted by Gasteiger charge is -2.17. The zero-order valence-electron chi connectivity index (χ0n) is 21.9. The number of aromatic amines is 2. The lowest BCUT2D eigenvalue weighted by molar-refractivity contribution is -0.117. The Kier molecular flexibility index (Phi) is 6.05. The molecule has 0 fully saturated rings. The van der Waals surface area contributed by atoms with Crippen molar-refractivity contribution in [1.29, 1.82) is 0 Å². The first kappa shape index (κ1) is 25.2. The molecule has 0 aliphatic heterocycles. The van der Waals surface area contributed by atoms with E-state index in [0.717, 1.165) is 0 Å². The molecule has 6 rings (SSSR count). The van der Waals surface area contributed by atoms with E-state index >= 15 is 4.39 Å². The van der Waals surface area contributed by atoms with Gasteiger partial charge < -0.3 is 10.3 Å². The van der Waals surface area contributed by atoms with E-state index in [-0.39, 0.29) is 33.9 Å². The predicted molar refractivity (Wildman–Crippen MR) is 148 cm³/mol. The number of anilines is 1. The first-order chi connectivity index (χ1) is 19.2. The van der Waals surface area contributed by atoms with Crippen LogP contribution in [-0.2, 0) is 4.79 Å². The van der Waals surface area contributed by atoms with E-state index in [1.54, 1.807) is 30.6 Å². The lowest BCUT2D eigenvalue weighted by atomic mass is 9.92. The van der Waals surface area contributed by atoms with Crippen LogP contribution in [0.4, 0.5) is 14.5 Å². The third kappa shape index (κ3) is 4.77. The molecular weight excluding hydrogens is 514 g/mol. The van der Waals surface area contributed by atoms with Gasteiger partial charge in [0.05, 0.1) is 46.2 Å². The molecule has 6 aromatic rings. The molecule has 9 nitrogen and oxygen atoms in total. The van der Waals surface area contributed by atoms with E-state index in [9.17, 15) is 9.18 Å². The van der Waals surface area contributed by atoms with Crippen LogP contribution in [0.5, 0.6) is 0 Å². The third-order valence-corrected chi connectivity index (χ3v) is 6.28. The van der Waals surface area contributed by atoms with E-state index in [2.05, 4.69) is 40.4 Å². The average molecular weight is 539 g/mol. The topological polar surface area (TPSA) is 125 Å². The molecule has 0 saturated carbocycles. The number of halogens is 2. The van der Waals surface area contributed by atoms with Crippen LogP contribution in [0.2, 0.25) is 0 Å². The molecule has 0 bridgehead atoms. The summed E-state index contributed by atoms with van der Waals surface area (Å²) in [6.07, 6.45) is 7.99. The minimum atomic E-state index is -0.620. The SMILES string of the molecule is CC(C)(C)CC(=O)Nc1cncc(-c2ncc3[nH]nc(-c4nc5c(-c6cccc(F)c6)cncc5[nH]4)c3c2F)c1. The molecule has 3 N–H and O–H groups in total. The van der Waals surface area contributed by atoms with Crippen molar-refractivity contribution in [2.75, 3.05) is 5.32 Å². The largest absolute Gasteiger partial charge is 0.335 e. The number of nitrogens with zero attached hydrogens (tertiary/aromatic N) is 5. The second-order valence-corrected chi connectivity index (χ2v) is 10.7. The maximum atomic E-state index is 16.1. The summed E-state index contributed by atoms with van der Waals surface area (Å²) in [5.41, 5.74) is 3.69. The number of nitrogens with one attached hydrogen (secondary N) is 3. The van der Waals surface area contributed by atoms with Crippen LogP contribution in [0.3, 0.4) is 0 Å². The number of pyridine rings is 3. The maximum Gasteiger partial charge on any atom is 0.224 e. The van der Waals surface area contributed by atoms with Crippen molar-refractivity contribution in [1.82, 2.24) is 35.1 Å². The Hall–Kier alpha value is -5.06. The molecule has 0 spiro atoms. The summed E-state index contributed by atoms with van der Waals surface area (Å²) in [5, 5.41) is 10.1. The van der Waals surface area contributed by atoms with Gasteiger partial charge in [-0.3, -0.25) is 24.8 Å². The molecule has 1 amide bonds. The minimum Gasteiger partial charge on any atom is -0.335 e. The van der Waals surface area contributed by atoms with Gasteiger partial charge in [0.1, 0.15) is 17.2 Å². The van der Waals surface area contributed by atoms with Gasteiger partial charge in [-0.25, -0.2) is 13.8 Å². The Balaban J connectivity index is 1.40. The first-order valence-electron chi connectivity index (χ1n) is 12.5. The van der Waals surface area contributed by atoms with Gasteiger partial charge in [-0.2, -0.15) is 5.10 Å². The normalized spacial score (nSPS) is 11.8. The summed E-state index contributed by atoms with van der Waals surface area (Å²) in [6.45, 7) is 5.91. The van der Waals surface area contributed by atoms with Crippen molar-refractivity contribution in [3.05, 3.63) is 73.0 Å². The van der Waals surface area contributed by atoms with E-state index in [0.29, 0.717) is 51.2 Å². The lowest BCUT2D eigenvalue weighted by Crippen LogP contribution is -2.19. The van der Waals surface area contributed by atoms with Crippen molar-refractivity contribution in [3.63, 3.8) is 0 Å². The van der Waals surface area contributed by atoms with E-state index in [1.165, 1.54) is 30.7 Å². The molecule has 0 aliphatic carbocycles. The Morgan fingerprint density at radius 3 is 2.58 bits per heavy atom. The van der Waals surface area contributed by atoms with E-state index in [1.807, 2.05) is 20.8 Å². The fourth-order valence-corrected chi connectivity index (χ4v) is 4.58. The molecule has 0 aliphatic rings. The number of H-pyrrole nitrogens is 2. The van der Waals surface area contributed by atoms with E-state index < -0.39 is 5.82 Å². The van der Waals surface area contributed by atoms with Crippen molar-refractivity contribution >= 4 is 33.5 Å². The fourth-order valence-electron chi connectivity index (χ4n) is 4.58. The molecule has 0 saturated heterocycles. The van der Waals surface area contributed by atoms with Gasteiger partial charge in [0.2, 0.25) is 5.91 Å². The van der Waals surface area contributed by atoms with Gasteiger partial charge in [0.25, 0.3) is 0 Å². The van der Waals surface area contributed by atoms with Crippen LogP contribution < -0.4 is 5.32 Å². The van der Waals surface area contributed by atoms with Crippen LogP contribution in [0.25, 0.3) is 55.8 Å². The molecule has 40 heavy (non-hydrogen) atoms. The van der Waals surface area contributed by atoms with Crippen molar-refractivity contribution < 1.29 is 13.6 Å². The van der Waals surface area contributed by atoms with Crippen LogP contribution >= 0.6 is 0 Å². The predicted octanol–water partition coefficient (Wildman–Crippen LogP) is 6.28. The van der Waals surface area contributed by atoms with Gasteiger partial charge in [0.15, 0.2) is 11.6 Å². The van der Waals surface area contributed by atoms with Gasteiger partial charge in [-0.15, -0.1) is 0 Å². The molecule has 0 atom stereocenters. The summed E-state index contributed by atoms with van der Waals surface area (Å²) < 4.78 is 30.0. The minimum absolute atomic E-state index is 0.0489. The molecule has 0 radical (unpaired) electrons. The Labute approximate surface area is 227 Å². The summed E-state index contributed by atoms with van der Waals surface area (Å²) >= 11 is 0. The van der Waals surface area contributed by atoms with E-state index in [4.69, 9.17) is 0 Å². The van der Waals surface area contributed by atoms with Crippen LogP contribution in [0.15, 0.2) is 61.3 Å². The molecule has 11 heteroatoms. The van der Waals surface area contributed by atoms with Crippen molar-refractivity contribution in [2.24, 2.45) is 5.41 Å². The van der Waals surface area contributed by atoms with Gasteiger partial charge >= 0.3 is 0 Å². The van der Waals surface area contributed by atoms with Crippen LogP contribution in [0, 0.1) is 17.0 Å². The summed E-state index contributed by atoms with van der Waals surface area (Å²) in [6, 6.07) is 7.77. The number of imidazole rings is 1. The van der Waals surface area contributed by atoms with Gasteiger partial charge in [-0.1, -0.05) is 32.9 Å². The number of carbonyl (C=O) groups is 1. The summed E-state index contributed by atoms with van der Waals surface area (Å²) in [4.78, 5) is 33.0.